The highest BCUT2D eigenvalue weighted by molar-refractivity contribution is 7.92. The van der Waals surface area contributed by atoms with Gasteiger partial charge in [0, 0.05) is 12.2 Å². The zero-order chi connectivity index (χ0) is 16.0. The molecule has 0 unspecified atom stereocenters. The van der Waals surface area contributed by atoms with Crippen molar-refractivity contribution in [3.05, 3.63) is 60.2 Å². The molecule has 0 saturated carbocycles. The van der Waals surface area contributed by atoms with Crippen LogP contribution in [0.3, 0.4) is 0 Å². The molecule has 0 saturated heterocycles. The Bertz CT molecular complexity index is 746. The molecule has 2 aromatic rings. The second-order valence-corrected chi connectivity index (χ2v) is 6.45. The molecule has 0 aliphatic carbocycles. The van der Waals surface area contributed by atoms with Gasteiger partial charge in [-0.15, -0.1) is 0 Å². The van der Waals surface area contributed by atoms with Crippen molar-refractivity contribution in [1.82, 2.24) is 5.32 Å². The Hall–Kier alpha value is -2.54. The molecule has 0 heterocycles. The number of sulfonamides is 1. The smallest absolute Gasteiger partial charge is 0.319 e. The quantitative estimate of drug-likeness (QED) is 0.790. The van der Waals surface area contributed by atoms with Gasteiger partial charge in [0.25, 0.3) is 0 Å². The Balaban J connectivity index is 1.98. The number of urea groups is 1. The summed E-state index contributed by atoms with van der Waals surface area (Å²) in [5.41, 5.74) is 1.81. The van der Waals surface area contributed by atoms with Crippen molar-refractivity contribution in [2.45, 2.75) is 6.54 Å². The fourth-order valence-corrected chi connectivity index (χ4v) is 2.44. The Morgan fingerprint density at radius 1 is 1.00 bits per heavy atom. The van der Waals surface area contributed by atoms with Crippen LogP contribution in [0.2, 0.25) is 0 Å². The third-order valence-corrected chi connectivity index (χ3v) is 3.37. The first kappa shape index (κ1) is 15.8. The van der Waals surface area contributed by atoms with Gasteiger partial charge in [0.1, 0.15) is 0 Å². The van der Waals surface area contributed by atoms with Gasteiger partial charge in [-0.2, -0.15) is 0 Å². The molecule has 2 rings (SSSR count). The number of carbonyl (C=O) groups is 1. The fourth-order valence-electron chi connectivity index (χ4n) is 1.85. The average Bonchev–Trinajstić information content (AvgIpc) is 2.46. The molecule has 0 fully saturated rings. The summed E-state index contributed by atoms with van der Waals surface area (Å²) in [5, 5.41) is 5.38. The van der Waals surface area contributed by atoms with Crippen LogP contribution in [0.25, 0.3) is 0 Å². The summed E-state index contributed by atoms with van der Waals surface area (Å²) in [6.45, 7) is 0.206. The number of carbonyl (C=O) groups excluding carboxylic acids is 1. The molecule has 22 heavy (non-hydrogen) atoms. The second-order valence-electron chi connectivity index (χ2n) is 4.71. The highest BCUT2D eigenvalue weighted by atomic mass is 32.2. The zero-order valence-corrected chi connectivity index (χ0v) is 12.9. The minimum Gasteiger partial charge on any atom is -0.334 e. The van der Waals surface area contributed by atoms with E-state index in [1.165, 1.54) is 0 Å². The monoisotopic (exact) mass is 319 g/mol. The van der Waals surface area contributed by atoms with Gasteiger partial charge in [-0.1, -0.05) is 36.4 Å². The molecule has 116 valence electrons. The van der Waals surface area contributed by atoms with Crippen LogP contribution in [0, 0.1) is 0 Å². The lowest BCUT2D eigenvalue weighted by Crippen LogP contribution is -2.28. The maximum absolute atomic E-state index is 11.8. The zero-order valence-electron chi connectivity index (χ0n) is 12.0. The van der Waals surface area contributed by atoms with Crippen molar-refractivity contribution < 1.29 is 13.2 Å². The van der Waals surface area contributed by atoms with Gasteiger partial charge in [0.05, 0.1) is 11.9 Å². The van der Waals surface area contributed by atoms with Crippen molar-refractivity contribution in [1.29, 1.82) is 0 Å². The highest BCUT2D eigenvalue weighted by Gasteiger charge is 2.08. The minimum absolute atomic E-state index is 0.206. The number of hydrogen-bond acceptors (Lipinski definition) is 3. The van der Waals surface area contributed by atoms with E-state index < -0.39 is 10.0 Å². The SMILES string of the molecule is CS(=O)(=O)Nc1ccccc1CNC(=O)Nc1ccccc1. The lowest BCUT2D eigenvalue weighted by molar-refractivity contribution is 0.252. The van der Waals surface area contributed by atoms with Crippen LogP contribution in [0.5, 0.6) is 0 Å². The van der Waals surface area contributed by atoms with E-state index in [0.29, 0.717) is 16.9 Å². The molecule has 0 spiro atoms. The summed E-state index contributed by atoms with van der Waals surface area (Å²) in [5.74, 6) is 0. The van der Waals surface area contributed by atoms with Crippen molar-refractivity contribution in [3.8, 4) is 0 Å². The summed E-state index contributed by atoms with van der Waals surface area (Å²) >= 11 is 0. The molecule has 0 atom stereocenters. The average molecular weight is 319 g/mol. The van der Waals surface area contributed by atoms with Crippen LogP contribution in [0.15, 0.2) is 54.6 Å². The molecule has 7 heteroatoms. The van der Waals surface area contributed by atoms with Crippen LogP contribution in [0.4, 0.5) is 16.2 Å². The summed E-state index contributed by atoms with van der Waals surface area (Å²) in [7, 11) is -3.37. The molecule has 2 aromatic carbocycles. The van der Waals surface area contributed by atoms with Crippen molar-refractivity contribution in [2.24, 2.45) is 0 Å². The van der Waals surface area contributed by atoms with Gasteiger partial charge in [-0.05, 0) is 23.8 Å². The number of para-hydroxylation sites is 2. The number of amides is 2. The maximum atomic E-state index is 11.8. The number of benzene rings is 2. The van der Waals surface area contributed by atoms with Crippen molar-refractivity contribution >= 4 is 27.4 Å². The molecule has 0 aliphatic heterocycles. The van der Waals surface area contributed by atoms with Gasteiger partial charge in [-0.25, -0.2) is 13.2 Å². The lowest BCUT2D eigenvalue weighted by atomic mass is 10.2. The van der Waals surface area contributed by atoms with E-state index >= 15 is 0 Å². The first-order valence-corrected chi connectivity index (χ1v) is 8.49. The molecule has 3 N–H and O–H groups in total. The first-order chi connectivity index (χ1) is 10.4. The molecule has 6 nitrogen and oxygen atoms in total. The standard InChI is InChI=1S/C15H17N3O3S/c1-22(20,21)18-14-10-6-5-7-12(14)11-16-15(19)17-13-8-3-2-4-9-13/h2-10,18H,11H2,1H3,(H2,16,17,19). The van der Waals surface area contributed by atoms with Gasteiger partial charge in [0.15, 0.2) is 0 Å². The molecular formula is C15H17N3O3S. The first-order valence-electron chi connectivity index (χ1n) is 6.59. The molecule has 0 bridgehead atoms. The van der Waals surface area contributed by atoms with E-state index in [2.05, 4.69) is 15.4 Å². The van der Waals surface area contributed by atoms with Crippen molar-refractivity contribution in [2.75, 3.05) is 16.3 Å². The van der Waals surface area contributed by atoms with Crippen LogP contribution in [-0.2, 0) is 16.6 Å². The third-order valence-electron chi connectivity index (χ3n) is 2.78. The van der Waals surface area contributed by atoms with Crippen LogP contribution in [0.1, 0.15) is 5.56 Å². The predicted molar refractivity (Wildman–Crippen MR) is 87.2 cm³/mol. The topological polar surface area (TPSA) is 87.3 Å². The number of nitrogens with one attached hydrogen (secondary N) is 3. The van der Waals surface area contributed by atoms with Gasteiger partial charge < -0.3 is 10.6 Å². The molecule has 0 aromatic heterocycles. The maximum Gasteiger partial charge on any atom is 0.319 e. The largest absolute Gasteiger partial charge is 0.334 e. The van der Waals surface area contributed by atoms with E-state index in [0.717, 1.165) is 6.26 Å². The van der Waals surface area contributed by atoms with E-state index in [9.17, 15) is 13.2 Å². The van der Waals surface area contributed by atoms with Gasteiger partial charge in [-0.3, -0.25) is 4.72 Å². The number of anilines is 2. The minimum atomic E-state index is -3.37. The predicted octanol–water partition coefficient (Wildman–Crippen LogP) is 2.38. The van der Waals surface area contributed by atoms with Crippen LogP contribution < -0.4 is 15.4 Å². The lowest BCUT2D eigenvalue weighted by Gasteiger charge is -2.12. The molecular weight excluding hydrogens is 302 g/mol. The number of hydrogen-bond donors (Lipinski definition) is 3. The Morgan fingerprint density at radius 3 is 2.32 bits per heavy atom. The van der Waals surface area contributed by atoms with Crippen LogP contribution in [-0.4, -0.2) is 20.7 Å². The summed E-state index contributed by atoms with van der Waals surface area (Å²) in [4.78, 5) is 11.8. The molecule has 0 aliphatic rings. The Morgan fingerprint density at radius 2 is 1.64 bits per heavy atom. The summed E-state index contributed by atoms with van der Waals surface area (Å²) in [6.07, 6.45) is 1.08. The Kier molecular flexibility index (Phi) is 5.00. The molecule has 2 amide bonds. The summed E-state index contributed by atoms with van der Waals surface area (Å²) in [6, 6.07) is 15.6. The highest BCUT2D eigenvalue weighted by Crippen LogP contribution is 2.16. The van der Waals surface area contributed by atoms with E-state index in [1.807, 2.05) is 18.2 Å². The van der Waals surface area contributed by atoms with Crippen LogP contribution >= 0.6 is 0 Å². The fraction of sp³-hybridized carbons (Fsp3) is 0.133. The van der Waals surface area contributed by atoms with Crippen molar-refractivity contribution in [3.63, 3.8) is 0 Å². The second kappa shape index (κ2) is 6.95. The van der Waals surface area contributed by atoms with E-state index in [-0.39, 0.29) is 12.6 Å². The van der Waals surface area contributed by atoms with Gasteiger partial charge in [0.2, 0.25) is 10.0 Å². The number of rotatable bonds is 5. The van der Waals surface area contributed by atoms with E-state index in [1.54, 1.807) is 36.4 Å². The summed E-state index contributed by atoms with van der Waals surface area (Å²) < 4.78 is 25.1. The normalized spacial score (nSPS) is 10.8. The molecule has 0 radical (unpaired) electrons. The van der Waals surface area contributed by atoms with Gasteiger partial charge >= 0.3 is 6.03 Å². The third kappa shape index (κ3) is 5.10. The Labute approximate surface area is 129 Å². The van der Waals surface area contributed by atoms with E-state index in [4.69, 9.17) is 0 Å².